The van der Waals surface area contributed by atoms with Crippen molar-refractivity contribution in [2.75, 3.05) is 0 Å². The molecule has 0 aliphatic rings. The van der Waals surface area contributed by atoms with Gasteiger partial charge in [0.2, 0.25) is 10.0 Å². The second-order valence-electron chi connectivity index (χ2n) is 6.44. The average molecular weight is 411 g/mol. The summed E-state index contributed by atoms with van der Waals surface area (Å²) >= 11 is 0. The summed E-state index contributed by atoms with van der Waals surface area (Å²) in [5.74, 6) is 0. The minimum atomic E-state index is -4.48. The fourth-order valence-electron chi connectivity index (χ4n) is 2.92. The SMILES string of the molecule is CCCCn1cc(S(=O)(=O)NCc2cccc(C(F)(F)F)c2)c2cccnc21. The van der Waals surface area contributed by atoms with Crippen molar-refractivity contribution in [2.45, 2.75) is 43.9 Å². The first-order valence-corrected chi connectivity index (χ1v) is 10.3. The van der Waals surface area contributed by atoms with Crippen molar-refractivity contribution >= 4 is 21.1 Å². The van der Waals surface area contributed by atoms with E-state index < -0.39 is 21.8 Å². The van der Waals surface area contributed by atoms with Gasteiger partial charge in [0.05, 0.1) is 5.56 Å². The van der Waals surface area contributed by atoms with E-state index in [-0.39, 0.29) is 17.0 Å². The number of benzene rings is 1. The number of hydrogen-bond donors (Lipinski definition) is 1. The van der Waals surface area contributed by atoms with Crippen molar-refractivity contribution in [1.29, 1.82) is 0 Å². The molecule has 0 radical (unpaired) electrons. The lowest BCUT2D eigenvalue weighted by Gasteiger charge is -2.10. The average Bonchev–Trinajstić information content (AvgIpc) is 3.04. The van der Waals surface area contributed by atoms with Crippen LogP contribution in [0.3, 0.4) is 0 Å². The molecule has 0 fully saturated rings. The summed E-state index contributed by atoms with van der Waals surface area (Å²) < 4.78 is 68.3. The maximum Gasteiger partial charge on any atom is 0.416 e. The number of hydrogen-bond acceptors (Lipinski definition) is 3. The molecule has 150 valence electrons. The van der Waals surface area contributed by atoms with Crippen LogP contribution < -0.4 is 4.72 Å². The van der Waals surface area contributed by atoms with Crippen molar-refractivity contribution in [3.05, 3.63) is 59.9 Å². The molecule has 2 heterocycles. The highest BCUT2D eigenvalue weighted by Crippen LogP contribution is 2.30. The lowest BCUT2D eigenvalue weighted by molar-refractivity contribution is -0.137. The summed E-state index contributed by atoms with van der Waals surface area (Å²) in [4.78, 5) is 4.34. The number of rotatable bonds is 7. The summed E-state index contributed by atoms with van der Waals surface area (Å²) in [5.41, 5.74) is -0.0220. The zero-order chi connectivity index (χ0) is 20.4. The van der Waals surface area contributed by atoms with Gasteiger partial charge in [-0.2, -0.15) is 13.2 Å². The first-order chi connectivity index (χ1) is 13.2. The van der Waals surface area contributed by atoms with Crippen LogP contribution >= 0.6 is 0 Å². The number of halogens is 3. The van der Waals surface area contributed by atoms with Crippen LogP contribution in [-0.2, 0) is 29.3 Å². The van der Waals surface area contributed by atoms with Gasteiger partial charge in [-0.3, -0.25) is 0 Å². The third kappa shape index (κ3) is 4.36. The highest BCUT2D eigenvalue weighted by Gasteiger charge is 2.30. The molecule has 1 aromatic carbocycles. The first kappa shape index (κ1) is 20.3. The second kappa shape index (κ2) is 7.92. The van der Waals surface area contributed by atoms with Crippen LogP contribution in [0, 0.1) is 0 Å². The molecule has 1 N–H and O–H groups in total. The number of aromatic nitrogens is 2. The number of fused-ring (bicyclic) bond motifs is 1. The standard InChI is InChI=1S/C19H20F3N3O2S/c1-2-3-10-25-13-17(16-8-5-9-23-18(16)25)28(26,27)24-12-14-6-4-7-15(11-14)19(20,21)22/h4-9,11,13,24H,2-3,10,12H2,1H3. The number of nitrogens with one attached hydrogen (secondary N) is 1. The topological polar surface area (TPSA) is 64.0 Å². The fraction of sp³-hybridized carbons (Fsp3) is 0.316. The highest BCUT2D eigenvalue weighted by atomic mass is 32.2. The van der Waals surface area contributed by atoms with Crippen molar-refractivity contribution in [1.82, 2.24) is 14.3 Å². The molecule has 0 aliphatic carbocycles. The summed E-state index contributed by atoms with van der Waals surface area (Å²) in [7, 11) is -3.93. The van der Waals surface area contributed by atoms with Crippen LogP contribution in [0.25, 0.3) is 11.0 Å². The van der Waals surface area contributed by atoms with Crippen molar-refractivity contribution in [3.63, 3.8) is 0 Å². The number of sulfonamides is 1. The highest BCUT2D eigenvalue weighted by molar-refractivity contribution is 7.89. The van der Waals surface area contributed by atoms with Crippen molar-refractivity contribution in [3.8, 4) is 0 Å². The quantitative estimate of drug-likeness (QED) is 0.629. The van der Waals surface area contributed by atoms with Gasteiger partial charge in [0.1, 0.15) is 10.5 Å². The number of aryl methyl sites for hydroxylation is 1. The van der Waals surface area contributed by atoms with E-state index in [0.29, 0.717) is 17.6 Å². The van der Waals surface area contributed by atoms with E-state index in [0.717, 1.165) is 25.0 Å². The predicted octanol–water partition coefficient (Wildman–Crippen LogP) is 4.33. The van der Waals surface area contributed by atoms with E-state index in [1.54, 1.807) is 22.9 Å². The molecule has 0 bridgehead atoms. The molecule has 9 heteroatoms. The Morgan fingerprint density at radius 2 is 1.96 bits per heavy atom. The molecule has 5 nitrogen and oxygen atoms in total. The summed E-state index contributed by atoms with van der Waals surface area (Å²) in [5, 5.41) is 0.482. The van der Waals surface area contributed by atoms with E-state index in [4.69, 9.17) is 0 Å². The molecule has 3 rings (SSSR count). The van der Waals surface area contributed by atoms with Crippen LogP contribution in [-0.4, -0.2) is 18.0 Å². The van der Waals surface area contributed by atoms with Crippen molar-refractivity contribution in [2.24, 2.45) is 0 Å². The molecule has 0 aliphatic heterocycles. The van der Waals surface area contributed by atoms with E-state index in [1.807, 2.05) is 6.92 Å². The summed E-state index contributed by atoms with van der Waals surface area (Å²) in [6.45, 7) is 2.43. The Morgan fingerprint density at radius 1 is 1.18 bits per heavy atom. The van der Waals surface area contributed by atoms with Crippen LogP contribution in [0.4, 0.5) is 13.2 Å². The van der Waals surface area contributed by atoms with E-state index >= 15 is 0 Å². The minimum Gasteiger partial charge on any atom is -0.331 e. The first-order valence-electron chi connectivity index (χ1n) is 8.82. The number of unbranched alkanes of at least 4 members (excludes halogenated alkanes) is 1. The lowest BCUT2D eigenvalue weighted by atomic mass is 10.1. The second-order valence-corrected chi connectivity index (χ2v) is 8.17. The Hall–Kier alpha value is -2.39. The zero-order valence-corrected chi connectivity index (χ0v) is 16.0. The van der Waals surface area contributed by atoms with Gasteiger partial charge >= 0.3 is 6.18 Å². The molecular formula is C19H20F3N3O2S. The number of alkyl halides is 3. The molecule has 0 amide bonds. The van der Waals surface area contributed by atoms with Crippen LogP contribution in [0.1, 0.15) is 30.9 Å². The summed E-state index contributed by atoms with van der Waals surface area (Å²) in [6, 6.07) is 7.92. The molecule has 0 unspecified atom stereocenters. The normalized spacial score (nSPS) is 12.6. The molecule has 2 aromatic heterocycles. The van der Waals surface area contributed by atoms with Gasteiger partial charge in [-0.15, -0.1) is 0 Å². The molecule has 0 saturated heterocycles. The van der Waals surface area contributed by atoms with E-state index in [9.17, 15) is 21.6 Å². The van der Waals surface area contributed by atoms with Gasteiger partial charge in [0, 0.05) is 30.9 Å². The summed E-state index contributed by atoms with van der Waals surface area (Å²) in [6.07, 6.45) is 0.464. The minimum absolute atomic E-state index is 0.0682. The molecule has 0 spiro atoms. The molecular weight excluding hydrogens is 391 g/mol. The zero-order valence-electron chi connectivity index (χ0n) is 15.2. The van der Waals surface area contributed by atoms with Gasteiger partial charge in [0.25, 0.3) is 0 Å². The van der Waals surface area contributed by atoms with Gasteiger partial charge in [-0.1, -0.05) is 31.5 Å². The third-order valence-electron chi connectivity index (χ3n) is 4.36. The maximum absolute atomic E-state index is 12.8. The monoisotopic (exact) mass is 411 g/mol. The number of nitrogens with zero attached hydrogens (tertiary/aromatic N) is 2. The largest absolute Gasteiger partial charge is 0.416 e. The van der Waals surface area contributed by atoms with E-state index in [1.165, 1.54) is 18.3 Å². The van der Waals surface area contributed by atoms with Gasteiger partial charge in [0.15, 0.2) is 0 Å². The predicted molar refractivity (Wildman–Crippen MR) is 100 cm³/mol. The molecule has 3 aromatic rings. The van der Waals surface area contributed by atoms with Gasteiger partial charge in [-0.05, 0) is 30.2 Å². The molecule has 0 saturated carbocycles. The van der Waals surface area contributed by atoms with Crippen molar-refractivity contribution < 1.29 is 21.6 Å². The van der Waals surface area contributed by atoms with Gasteiger partial charge in [-0.25, -0.2) is 18.1 Å². The maximum atomic E-state index is 12.8. The smallest absolute Gasteiger partial charge is 0.331 e. The van der Waals surface area contributed by atoms with E-state index in [2.05, 4.69) is 9.71 Å². The van der Waals surface area contributed by atoms with Crippen LogP contribution in [0.2, 0.25) is 0 Å². The molecule has 0 atom stereocenters. The Labute approximate surface area is 161 Å². The van der Waals surface area contributed by atoms with Gasteiger partial charge < -0.3 is 4.57 Å². The Balaban J connectivity index is 1.88. The molecule has 28 heavy (non-hydrogen) atoms. The number of pyridine rings is 1. The Kier molecular flexibility index (Phi) is 5.76. The Morgan fingerprint density at radius 3 is 2.68 bits per heavy atom. The van der Waals surface area contributed by atoms with Crippen LogP contribution in [0.15, 0.2) is 53.7 Å². The lowest BCUT2D eigenvalue weighted by Crippen LogP contribution is -2.23. The fourth-order valence-corrected chi connectivity index (χ4v) is 4.14. The Bertz CT molecular complexity index is 1080. The van der Waals surface area contributed by atoms with Crippen LogP contribution in [0.5, 0.6) is 0 Å². The third-order valence-corrected chi connectivity index (χ3v) is 5.79.